The van der Waals surface area contributed by atoms with Crippen LogP contribution in [0.3, 0.4) is 0 Å². The van der Waals surface area contributed by atoms with Crippen LogP contribution in [0, 0.1) is 0 Å². The second-order valence-corrected chi connectivity index (χ2v) is 6.00. The van der Waals surface area contributed by atoms with Crippen molar-refractivity contribution in [3.05, 3.63) is 23.8 Å². The molecule has 2 aliphatic heterocycles. The number of imide groups is 1. The second-order valence-electron chi connectivity index (χ2n) is 6.00. The largest absolute Gasteiger partial charge is 0.486 e. The van der Waals surface area contributed by atoms with E-state index in [1.807, 2.05) is 25.1 Å². The van der Waals surface area contributed by atoms with Crippen LogP contribution in [0.2, 0.25) is 0 Å². The number of nitrogens with one attached hydrogen (secondary N) is 2. The molecule has 0 saturated carbocycles. The van der Waals surface area contributed by atoms with Gasteiger partial charge in [-0.3, -0.25) is 14.5 Å². The lowest BCUT2D eigenvalue weighted by atomic mass is 10.1. The maximum atomic E-state index is 12.1. The minimum absolute atomic E-state index is 0.0339. The van der Waals surface area contributed by atoms with Gasteiger partial charge in [0, 0.05) is 13.0 Å². The van der Waals surface area contributed by atoms with Crippen molar-refractivity contribution in [2.75, 3.05) is 26.3 Å². The first kappa shape index (κ1) is 17.1. The van der Waals surface area contributed by atoms with Crippen LogP contribution >= 0.6 is 0 Å². The Morgan fingerprint density at radius 2 is 2.04 bits per heavy atom. The average molecular weight is 347 g/mol. The van der Waals surface area contributed by atoms with Crippen molar-refractivity contribution in [1.82, 2.24) is 15.5 Å². The minimum atomic E-state index is -0.393. The molecule has 3 rings (SSSR count). The highest BCUT2D eigenvalue weighted by molar-refractivity contribution is 6.01. The molecule has 2 aliphatic rings. The van der Waals surface area contributed by atoms with Gasteiger partial charge in [0.15, 0.2) is 11.5 Å². The van der Waals surface area contributed by atoms with Gasteiger partial charge in [-0.05, 0) is 31.0 Å². The summed E-state index contributed by atoms with van der Waals surface area (Å²) in [4.78, 5) is 36.1. The number of amides is 4. The van der Waals surface area contributed by atoms with Crippen molar-refractivity contribution in [2.24, 2.45) is 0 Å². The summed E-state index contributed by atoms with van der Waals surface area (Å²) in [5, 5.41) is 5.36. The van der Waals surface area contributed by atoms with Gasteiger partial charge in [-0.15, -0.1) is 0 Å². The molecule has 134 valence electrons. The number of benzene rings is 1. The van der Waals surface area contributed by atoms with Crippen molar-refractivity contribution in [3.8, 4) is 11.5 Å². The first-order chi connectivity index (χ1) is 12.0. The predicted molar refractivity (Wildman–Crippen MR) is 88.3 cm³/mol. The van der Waals surface area contributed by atoms with Crippen LogP contribution in [-0.4, -0.2) is 49.0 Å². The van der Waals surface area contributed by atoms with Gasteiger partial charge in [0.25, 0.3) is 0 Å². The highest BCUT2D eigenvalue weighted by Crippen LogP contribution is 2.32. The number of fused-ring (bicyclic) bond motifs is 1. The number of carbonyl (C=O) groups is 3. The third-order valence-electron chi connectivity index (χ3n) is 4.17. The topological polar surface area (TPSA) is 97.0 Å². The third kappa shape index (κ3) is 4.01. The van der Waals surface area contributed by atoms with Crippen molar-refractivity contribution < 1.29 is 23.9 Å². The molecule has 0 unspecified atom stereocenters. The van der Waals surface area contributed by atoms with E-state index in [0.717, 1.165) is 10.5 Å². The molecule has 8 heteroatoms. The summed E-state index contributed by atoms with van der Waals surface area (Å²) in [7, 11) is 0. The maximum absolute atomic E-state index is 12.1. The maximum Gasteiger partial charge on any atom is 0.324 e. The Labute approximate surface area is 145 Å². The van der Waals surface area contributed by atoms with E-state index in [4.69, 9.17) is 9.47 Å². The molecule has 1 saturated heterocycles. The van der Waals surface area contributed by atoms with Crippen molar-refractivity contribution in [2.45, 2.75) is 25.8 Å². The first-order valence-corrected chi connectivity index (χ1v) is 8.31. The lowest BCUT2D eigenvalue weighted by Crippen LogP contribution is -2.33. The van der Waals surface area contributed by atoms with E-state index in [9.17, 15) is 14.4 Å². The normalized spacial score (nSPS) is 17.2. The molecule has 0 aromatic heterocycles. The van der Waals surface area contributed by atoms with Gasteiger partial charge in [-0.25, -0.2) is 4.79 Å². The zero-order valence-corrected chi connectivity index (χ0v) is 14.0. The fraction of sp³-hybridized carbons (Fsp3) is 0.471. The Hall–Kier alpha value is -2.77. The lowest BCUT2D eigenvalue weighted by molar-refractivity contribution is -0.126. The Balaban J connectivity index is 1.47. The van der Waals surface area contributed by atoms with Crippen molar-refractivity contribution in [3.63, 3.8) is 0 Å². The number of rotatable bonds is 6. The average Bonchev–Trinajstić information content (AvgIpc) is 2.93. The number of carbonyl (C=O) groups excluding carboxylic acids is 3. The Bertz CT molecular complexity index is 675. The third-order valence-corrected chi connectivity index (χ3v) is 4.17. The summed E-state index contributed by atoms with van der Waals surface area (Å²) in [6.45, 7) is 3.22. The standard InChI is InChI=1S/C17H21N3O5/c1-11(12-4-5-13-14(9-12)25-8-7-24-13)19-15(21)3-2-6-20-16(22)10-18-17(20)23/h4-5,9,11H,2-3,6-8,10H2,1H3,(H,18,23)(H,19,21)/t11-/m0/s1. The SMILES string of the molecule is C[C@H](NC(=O)CCCN1C(=O)CNC1=O)c1ccc2c(c1)OCCO2. The molecule has 1 fully saturated rings. The summed E-state index contributed by atoms with van der Waals surface area (Å²) in [6, 6.07) is 5.03. The summed E-state index contributed by atoms with van der Waals surface area (Å²) < 4.78 is 11.0. The van der Waals surface area contributed by atoms with Gasteiger partial charge in [0.1, 0.15) is 13.2 Å². The van der Waals surface area contributed by atoms with Crippen LogP contribution in [-0.2, 0) is 9.59 Å². The molecule has 0 aliphatic carbocycles. The van der Waals surface area contributed by atoms with Gasteiger partial charge in [0.2, 0.25) is 11.8 Å². The van der Waals surface area contributed by atoms with Crippen LogP contribution in [0.4, 0.5) is 4.79 Å². The smallest absolute Gasteiger partial charge is 0.324 e. The van der Waals surface area contributed by atoms with Crippen LogP contribution in [0.1, 0.15) is 31.4 Å². The molecule has 1 atom stereocenters. The highest BCUT2D eigenvalue weighted by Gasteiger charge is 2.27. The summed E-state index contributed by atoms with van der Waals surface area (Å²) >= 11 is 0. The van der Waals surface area contributed by atoms with E-state index >= 15 is 0 Å². The lowest BCUT2D eigenvalue weighted by Gasteiger charge is -2.21. The summed E-state index contributed by atoms with van der Waals surface area (Å²) in [5.41, 5.74) is 0.923. The molecule has 0 bridgehead atoms. The van der Waals surface area contributed by atoms with Gasteiger partial charge in [0.05, 0.1) is 12.6 Å². The van der Waals surface area contributed by atoms with Crippen molar-refractivity contribution in [1.29, 1.82) is 0 Å². The van der Waals surface area contributed by atoms with Crippen LogP contribution < -0.4 is 20.1 Å². The molecule has 0 radical (unpaired) electrons. The number of urea groups is 1. The van der Waals surface area contributed by atoms with E-state index in [1.165, 1.54) is 0 Å². The van der Waals surface area contributed by atoms with Crippen molar-refractivity contribution >= 4 is 17.8 Å². The van der Waals surface area contributed by atoms with Gasteiger partial charge < -0.3 is 20.1 Å². The molecule has 25 heavy (non-hydrogen) atoms. The zero-order valence-electron chi connectivity index (χ0n) is 14.0. The molecule has 8 nitrogen and oxygen atoms in total. The van der Waals surface area contributed by atoms with E-state index in [-0.39, 0.29) is 37.4 Å². The Morgan fingerprint density at radius 1 is 1.28 bits per heavy atom. The Morgan fingerprint density at radius 3 is 2.76 bits per heavy atom. The molecule has 1 aromatic carbocycles. The summed E-state index contributed by atoms with van der Waals surface area (Å²) in [6.07, 6.45) is 0.671. The fourth-order valence-electron chi connectivity index (χ4n) is 2.81. The van der Waals surface area contributed by atoms with Crippen LogP contribution in [0.25, 0.3) is 0 Å². The monoisotopic (exact) mass is 347 g/mol. The van der Waals surface area contributed by atoms with E-state index in [1.54, 1.807) is 0 Å². The van der Waals surface area contributed by atoms with Gasteiger partial charge >= 0.3 is 6.03 Å². The molecule has 2 N–H and O–H groups in total. The molecule has 1 aromatic rings. The molecule has 2 heterocycles. The molecular formula is C17H21N3O5. The van der Waals surface area contributed by atoms with E-state index in [0.29, 0.717) is 31.1 Å². The van der Waals surface area contributed by atoms with Gasteiger partial charge in [-0.1, -0.05) is 6.07 Å². The van der Waals surface area contributed by atoms with E-state index < -0.39 is 6.03 Å². The predicted octanol–water partition coefficient (Wildman–Crippen LogP) is 0.967. The number of hydrogen-bond acceptors (Lipinski definition) is 5. The molecule has 0 spiro atoms. The van der Waals surface area contributed by atoms with Crippen LogP contribution in [0.5, 0.6) is 11.5 Å². The second kappa shape index (κ2) is 7.42. The zero-order chi connectivity index (χ0) is 17.8. The van der Waals surface area contributed by atoms with Gasteiger partial charge in [-0.2, -0.15) is 0 Å². The molecule has 4 amide bonds. The number of hydrogen-bond donors (Lipinski definition) is 2. The summed E-state index contributed by atoms with van der Waals surface area (Å²) in [5.74, 6) is 1.01. The molecular weight excluding hydrogens is 326 g/mol. The number of ether oxygens (including phenoxy) is 2. The van der Waals surface area contributed by atoms with E-state index in [2.05, 4.69) is 10.6 Å². The van der Waals surface area contributed by atoms with Crippen LogP contribution in [0.15, 0.2) is 18.2 Å². The Kier molecular flexibility index (Phi) is 5.06. The highest BCUT2D eigenvalue weighted by atomic mass is 16.6. The number of nitrogens with zero attached hydrogens (tertiary/aromatic N) is 1. The minimum Gasteiger partial charge on any atom is -0.486 e. The fourth-order valence-corrected chi connectivity index (χ4v) is 2.81. The quantitative estimate of drug-likeness (QED) is 0.748. The first-order valence-electron chi connectivity index (χ1n) is 8.31.